The number of nitrogens with one attached hydrogen (secondary N) is 2. The molecule has 2 rings (SSSR count). The zero-order chi connectivity index (χ0) is 12.3. The Morgan fingerprint density at radius 2 is 2.29 bits per heavy atom. The fourth-order valence-corrected chi connectivity index (χ4v) is 1.49. The molecule has 0 radical (unpaired) electrons. The van der Waals surface area contributed by atoms with Crippen LogP contribution in [0.3, 0.4) is 0 Å². The van der Waals surface area contributed by atoms with Crippen molar-refractivity contribution in [2.24, 2.45) is 0 Å². The molecule has 2 amide bonds. The molecule has 1 aliphatic rings. The minimum absolute atomic E-state index is 0.273. The van der Waals surface area contributed by atoms with Gasteiger partial charge in [-0.15, -0.1) is 0 Å². The number of benzene rings is 1. The number of nitriles is 1. The lowest BCUT2D eigenvalue weighted by molar-refractivity contribution is 0.251. The van der Waals surface area contributed by atoms with E-state index in [-0.39, 0.29) is 12.1 Å². The number of hydrogen-bond donors (Lipinski definition) is 2. The molecular weight excluding hydrogens is 218 g/mol. The minimum atomic E-state index is -0.298. The van der Waals surface area contributed by atoms with E-state index in [1.54, 1.807) is 18.2 Å². The molecular formula is C12H13N3O2. The highest BCUT2D eigenvalue weighted by molar-refractivity contribution is 5.93. The second kappa shape index (κ2) is 4.74. The Hall–Kier alpha value is -2.22. The lowest BCUT2D eigenvalue weighted by Gasteiger charge is -2.11. The quantitative estimate of drug-likeness (QED) is 0.833. The average molecular weight is 231 g/mol. The highest BCUT2D eigenvalue weighted by Gasteiger charge is 2.24. The maximum absolute atomic E-state index is 11.6. The number of anilines is 1. The number of para-hydroxylation sites is 1. The first kappa shape index (κ1) is 11.3. The van der Waals surface area contributed by atoms with Gasteiger partial charge in [-0.25, -0.2) is 4.79 Å². The van der Waals surface area contributed by atoms with E-state index in [0.29, 0.717) is 17.0 Å². The van der Waals surface area contributed by atoms with E-state index in [1.807, 2.05) is 6.07 Å². The van der Waals surface area contributed by atoms with Crippen LogP contribution in [0.1, 0.15) is 18.4 Å². The molecule has 1 aromatic rings. The summed E-state index contributed by atoms with van der Waals surface area (Å²) in [6, 6.07) is 7.04. The molecule has 5 heteroatoms. The number of carbonyl (C=O) groups is 1. The zero-order valence-corrected chi connectivity index (χ0v) is 9.49. The number of nitrogens with zero attached hydrogens (tertiary/aromatic N) is 1. The van der Waals surface area contributed by atoms with E-state index >= 15 is 0 Å². The highest BCUT2D eigenvalue weighted by Crippen LogP contribution is 2.28. The standard InChI is InChI=1S/C12H13N3O2/c1-17-10-4-2-3-8(7-13)11(10)15-12(16)14-9-5-6-9/h2-4,9H,5-6H2,1H3,(H2,14,15,16). The smallest absolute Gasteiger partial charge is 0.319 e. The molecule has 1 aromatic carbocycles. The summed E-state index contributed by atoms with van der Waals surface area (Å²) in [4.78, 5) is 11.6. The van der Waals surface area contributed by atoms with Crippen LogP contribution >= 0.6 is 0 Å². The fraction of sp³-hybridized carbons (Fsp3) is 0.333. The van der Waals surface area contributed by atoms with Crippen LogP contribution in [-0.4, -0.2) is 19.2 Å². The van der Waals surface area contributed by atoms with E-state index in [9.17, 15) is 4.79 Å². The number of carbonyl (C=O) groups excluding carboxylic acids is 1. The first-order valence-electron chi connectivity index (χ1n) is 5.39. The van der Waals surface area contributed by atoms with Crippen molar-refractivity contribution in [2.75, 3.05) is 12.4 Å². The first-order chi connectivity index (χ1) is 8.24. The molecule has 0 saturated heterocycles. The molecule has 1 saturated carbocycles. The second-order valence-electron chi connectivity index (χ2n) is 3.87. The Bertz CT molecular complexity index is 475. The van der Waals surface area contributed by atoms with Crippen molar-refractivity contribution in [3.8, 4) is 11.8 Å². The van der Waals surface area contributed by atoms with Gasteiger partial charge in [-0.2, -0.15) is 5.26 Å². The van der Waals surface area contributed by atoms with Gasteiger partial charge in [-0.1, -0.05) is 6.07 Å². The Balaban J connectivity index is 2.17. The van der Waals surface area contributed by atoms with Crippen molar-refractivity contribution < 1.29 is 9.53 Å². The van der Waals surface area contributed by atoms with Gasteiger partial charge in [0, 0.05) is 6.04 Å². The fourth-order valence-electron chi connectivity index (χ4n) is 1.49. The van der Waals surface area contributed by atoms with E-state index in [1.165, 1.54) is 7.11 Å². The van der Waals surface area contributed by atoms with Gasteiger partial charge in [0.15, 0.2) is 0 Å². The van der Waals surface area contributed by atoms with Gasteiger partial charge in [-0.05, 0) is 25.0 Å². The highest BCUT2D eigenvalue weighted by atomic mass is 16.5. The van der Waals surface area contributed by atoms with Crippen LogP contribution in [0.25, 0.3) is 0 Å². The first-order valence-corrected chi connectivity index (χ1v) is 5.39. The van der Waals surface area contributed by atoms with Crippen LogP contribution in [0, 0.1) is 11.3 Å². The van der Waals surface area contributed by atoms with Crippen LogP contribution in [-0.2, 0) is 0 Å². The summed E-state index contributed by atoms with van der Waals surface area (Å²) >= 11 is 0. The molecule has 1 aliphatic carbocycles. The molecule has 2 N–H and O–H groups in total. The van der Waals surface area contributed by atoms with E-state index in [0.717, 1.165) is 12.8 Å². The monoisotopic (exact) mass is 231 g/mol. The normalized spacial score (nSPS) is 13.6. The summed E-state index contributed by atoms with van der Waals surface area (Å²) in [7, 11) is 1.50. The largest absolute Gasteiger partial charge is 0.495 e. The lowest BCUT2D eigenvalue weighted by atomic mass is 10.2. The van der Waals surface area contributed by atoms with Crippen molar-refractivity contribution in [1.82, 2.24) is 5.32 Å². The van der Waals surface area contributed by atoms with Gasteiger partial charge in [0.1, 0.15) is 17.5 Å². The third-order valence-corrected chi connectivity index (χ3v) is 2.52. The molecule has 0 atom stereocenters. The van der Waals surface area contributed by atoms with E-state index in [2.05, 4.69) is 10.6 Å². The second-order valence-corrected chi connectivity index (χ2v) is 3.87. The number of hydrogen-bond acceptors (Lipinski definition) is 3. The molecule has 0 aliphatic heterocycles. The predicted octanol–water partition coefficient (Wildman–Crippen LogP) is 1.85. The molecule has 0 unspecified atom stereocenters. The number of amides is 2. The topological polar surface area (TPSA) is 74.1 Å². The molecule has 17 heavy (non-hydrogen) atoms. The minimum Gasteiger partial charge on any atom is -0.495 e. The van der Waals surface area contributed by atoms with Gasteiger partial charge in [0.05, 0.1) is 12.7 Å². The van der Waals surface area contributed by atoms with Crippen molar-refractivity contribution >= 4 is 11.7 Å². The molecule has 88 valence electrons. The summed E-state index contributed by atoms with van der Waals surface area (Å²) in [5, 5.41) is 14.4. The third kappa shape index (κ3) is 2.67. The van der Waals surface area contributed by atoms with Gasteiger partial charge in [-0.3, -0.25) is 0 Å². The van der Waals surface area contributed by atoms with E-state index in [4.69, 9.17) is 10.00 Å². The van der Waals surface area contributed by atoms with Crippen molar-refractivity contribution in [2.45, 2.75) is 18.9 Å². The third-order valence-electron chi connectivity index (χ3n) is 2.52. The van der Waals surface area contributed by atoms with Crippen LogP contribution in [0.15, 0.2) is 18.2 Å². The Morgan fingerprint density at radius 3 is 2.88 bits per heavy atom. The molecule has 0 aromatic heterocycles. The van der Waals surface area contributed by atoms with Gasteiger partial charge in [0.25, 0.3) is 0 Å². The number of rotatable bonds is 3. The summed E-state index contributed by atoms with van der Waals surface area (Å²) in [5.74, 6) is 0.481. The molecule has 5 nitrogen and oxygen atoms in total. The van der Waals surface area contributed by atoms with Gasteiger partial charge in [0.2, 0.25) is 0 Å². The van der Waals surface area contributed by atoms with Crippen molar-refractivity contribution in [3.05, 3.63) is 23.8 Å². The Labute approximate surface area is 99.4 Å². The molecule has 1 fully saturated rings. The summed E-state index contributed by atoms with van der Waals surface area (Å²) < 4.78 is 5.12. The molecule has 0 bridgehead atoms. The predicted molar refractivity (Wildman–Crippen MR) is 62.9 cm³/mol. The SMILES string of the molecule is COc1cccc(C#N)c1NC(=O)NC1CC1. The van der Waals surface area contributed by atoms with Gasteiger partial charge >= 0.3 is 6.03 Å². The maximum Gasteiger partial charge on any atom is 0.319 e. The van der Waals surface area contributed by atoms with Crippen LogP contribution in [0.4, 0.5) is 10.5 Å². The van der Waals surface area contributed by atoms with Crippen LogP contribution in [0.2, 0.25) is 0 Å². The number of methoxy groups -OCH3 is 1. The number of ether oxygens (including phenoxy) is 1. The molecule has 0 spiro atoms. The maximum atomic E-state index is 11.6. The van der Waals surface area contributed by atoms with E-state index < -0.39 is 0 Å². The zero-order valence-electron chi connectivity index (χ0n) is 9.49. The van der Waals surface area contributed by atoms with Crippen molar-refractivity contribution in [3.63, 3.8) is 0 Å². The average Bonchev–Trinajstić information content (AvgIpc) is 3.13. The summed E-state index contributed by atoms with van der Waals surface area (Å²) in [6.45, 7) is 0. The van der Waals surface area contributed by atoms with Crippen LogP contribution < -0.4 is 15.4 Å². The van der Waals surface area contributed by atoms with Gasteiger partial charge < -0.3 is 15.4 Å². The van der Waals surface area contributed by atoms with Crippen LogP contribution in [0.5, 0.6) is 5.75 Å². The Morgan fingerprint density at radius 1 is 1.53 bits per heavy atom. The number of urea groups is 1. The summed E-state index contributed by atoms with van der Waals surface area (Å²) in [6.07, 6.45) is 2.04. The van der Waals surface area contributed by atoms with Crippen molar-refractivity contribution in [1.29, 1.82) is 5.26 Å². The summed E-state index contributed by atoms with van der Waals surface area (Å²) in [5.41, 5.74) is 0.797. The lowest BCUT2D eigenvalue weighted by Crippen LogP contribution is -2.30. The molecule has 0 heterocycles. The Kier molecular flexibility index (Phi) is 3.15.